The number of amides is 1. The van der Waals surface area contributed by atoms with Gasteiger partial charge >= 0.3 is 12.1 Å². The molecule has 1 saturated heterocycles. The van der Waals surface area contributed by atoms with E-state index in [0.717, 1.165) is 4.88 Å². The quantitative estimate of drug-likeness (QED) is 0.896. The van der Waals surface area contributed by atoms with E-state index in [-0.39, 0.29) is 6.61 Å². The second-order valence-electron chi connectivity index (χ2n) is 3.82. The van der Waals surface area contributed by atoms with Crippen molar-refractivity contribution in [1.29, 1.82) is 0 Å². The van der Waals surface area contributed by atoms with Crippen LogP contribution >= 0.6 is 11.3 Å². The second-order valence-corrected chi connectivity index (χ2v) is 4.86. The lowest BCUT2D eigenvalue weighted by atomic mass is 10.2. The lowest BCUT2D eigenvalue weighted by Gasteiger charge is -2.20. The molecule has 0 spiro atoms. The lowest BCUT2D eigenvalue weighted by Crippen LogP contribution is -2.40. The van der Waals surface area contributed by atoms with E-state index < -0.39 is 18.1 Å². The van der Waals surface area contributed by atoms with Crippen LogP contribution in [0.4, 0.5) is 4.79 Å². The maximum atomic E-state index is 11.7. The van der Waals surface area contributed by atoms with E-state index in [1.165, 1.54) is 16.2 Å². The summed E-state index contributed by atoms with van der Waals surface area (Å²) < 4.78 is 5.08. The summed E-state index contributed by atoms with van der Waals surface area (Å²) in [6.45, 7) is 0.666. The minimum atomic E-state index is -0.962. The van der Waals surface area contributed by atoms with Crippen molar-refractivity contribution in [2.24, 2.45) is 0 Å². The van der Waals surface area contributed by atoms with Crippen LogP contribution in [0.25, 0.3) is 0 Å². The van der Waals surface area contributed by atoms with Gasteiger partial charge in [0.2, 0.25) is 0 Å². The molecule has 0 radical (unpaired) electrons. The number of hydrogen-bond donors (Lipinski definition) is 1. The van der Waals surface area contributed by atoms with E-state index in [9.17, 15) is 9.59 Å². The van der Waals surface area contributed by atoms with E-state index >= 15 is 0 Å². The van der Waals surface area contributed by atoms with E-state index in [2.05, 4.69) is 0 Å². The molecule has 1 aromatic heterocycles. The van der Waals surface area contributed by atoms with E-state index in [0.29, 0.717) is 19.4 Å². The van der Waals surface area contributed by atoms with Crippen LogP contribution in [0, 0.1) is 0 Å². The molecule has 1 atom stereocenters. The summed E-state index contributed by atoms with van der Waals surface area (Å²) in [5, 5.41) is 10.8. The van der Waals surface area contributed by atoms with Crippen LogP contribution in [-0.4, -0.2) is 34.7 Å². The first-order valence-electron chi connectivity index (χ1n) is 5.37. The molecule has 1 aromatic rings. The van der Waals surface area contributed by atoms with E-state index in [4.69, 9.17) is 9.84 Å². The highest BCUT2D eigenvalue weighted by atomic mass is 32.1. The molecule has 1 aliphatic rings. The normalized spacial score (nSPS) is 19.3. The molecule has 0 saturated carbocycles. The van der Waals surface area contributed by atoms with Gasteiger partial charge in [-0.2, -0.15) is 0 Å². The van der Waals surface area contributed by atoms with Crippen molar-refractivity contribution in [2.75, 3.05) is 6.54 Å². The Morgan fingerprint density at radius 1 is 1.59 bits per heavy atom. The van der Waals surface area contributed by atoms with Crippen LogP contribution in [-0.2, 0) is 16.1 Å². The van der Waals surface area contributed by atoms with Crippen LogP contribution in [0.5, 0.6) is 0 Å². The first-order valence-corrected chi connectivity index (χ1v) is 6.25. The Morgan fingerprint density at radius 2 is 2.41 bits per heavy atom. The van der Waals surface area contributed by atoms with E-state index in [1.807, 2.05) is 17.5 Å². The first-order chi connectivity index (χ1) is 8.18. The number of carboxylic acid groups (broad SMARTS) is 1. The average Bonchev–Trinajstić information content (AvgIpc) is 2.96. The summed E-state index contributed by atoms with van der Waals surface area (Å²) in [5.41, 5.74) is 0. The van der Waals surface area contributed by atoms with Gasteiger partial charge in [-0.05, 0) is 24.3 Å². The number of likely N-dealkylation sites (tertiary alicyclic amines) is 1. The summed E-state index contributed by atoms with van der Waals surface area (Å²) in [6, 6.07) is 3.02. The number of nitrogens with zero attached hydrogens (tertiary/aromatic N) is 1. The molecule has 1 aliphatic heterocycles. The molecule has 92 valence electrons. The third-order valence-corrected chi connectivity index (χ3v) is 3.54. The summed E-state index contributed by atoms with van der Waals surface area (Å²) in [6.07, 6.45) is 0.678. The van der Waals surface area contributed by atoms with Gasteiger partial charge in [0.1, 0.15) is 12.6 Å². The molecule has 1 amide bonds. The zero-order valence-electron chi connectivity index (χ0n) is 9.17. The van der Waals surface area contributed by atoms with Gasteiger partial charge in [-0.1, -0.05) is 6.07 Å². The number of rotatable bonds is 3. The number of ether oxygens (including phenoxy) is 1. The molecular weight excluding hydrogens is 242 g/mol. The van der Waals surface area contributed by atoms with Crippen molar-refractivity contribution in [3.8, 4) is 0 Å². The monoisotopic (exact) mass is 255 g/mol. The SMILES string of the molecule is O=C(O)C1CCCN1C(=O)OCc1cccs1. The Bertz CT molecular complexity index is 404. The molecule has 1 N–H and O–H groups in total. The summed E-state index contributed by atoms with van der Waals surface area (Å²) in [5.74, 6) is -0.962. The van der Waals surface area contributed by atoms with Gasteiger partial charge in [-0.25, -0.2) is 9.59 Å². The van der Waals surface area contributed by atoms with E-state index in [1.54, 1.807) is 0 Å². The maximum Gasteiger partial charge on any atom is 0.410 e. The largest absolute Gasteiger partial charge is 0.480 e. The minimum Gasteiger partial charge on any atom is -0.480 e. The van der Waals surface area contributed by atoms with Crippen molar-refractivity contribution in [3.05, 3.63) is 22.4 Å². The lowest BCUT2D eigenvalue weighted by molar-refractivity contribution is -0.141. The summed E-state index contributed by atoms with van der Waals surface area (Å²) >= 11 is 1.50. The van der Waals surface area contributed by atoms with Crippen LogP contribution < -0.4 is 0 Å². The number of hydrogen-bond acceptors (Lipinski definition) is 4. The maximum absolute atomic E-state index is 11.7. The van der Waals surface area contributed by atoms with Crippen molar-refractivity contribution in [1.82, 2.24) is 4.90 Å². The number of thiophene rings is 1. The predicted molar refractivity (Wildman–Crippen MR) is 61.9 cm³/mol. The van der Waals surface area contributed by atoms with Gasteiger partial charge in [0.25, 0.3) is 0 Å². The van der Waals surface area contributed by atoms with Crippen molar-refractivity contribution >= 4 is 23.4 Å². The Morgan fingerprint density at radius 3 is 3.06 bits per heavy atom. The van der Waals surface area contributed by atoms with Crippen molar-refractivity contribution in [3.63, 3.8) is 0 Å². The number of carboxylic acids is 1. The Kier molecular flexibility index (Phi) is 3.63. The van der Waals surface area contributed by atoms with Gasteiger partial charge in [0.05, 0.1) is 0 Å². The summed E-state index contributed by atoms with van der Waals surface area (Å²) in [7, 11) is 0. The fourth-order valence-electron chi connectivity index (χ4n) is 1.85. The molecular formula is C11H13NO4S. The minimum absolute atomic E-state index is 0.208. The molecule has 0 bridgehead atoms. The van der Waals surface area contributed by atoms with Crippen LogP contribution in [0.3, 0.4) is 0 Å². The first kappa shape index (κ1) is 11.9. The highest BCUT2D eigenvalue weighted by molar-refractivity contribution is 7.09. The number of carbonyl (C=O) groups is 2. The predicted octanol–water partition coefficient (Wildman–Crippen LogP) is 1.93. The standard InChI is InChI=1S/C11H13NO4S/c13-10(14)9-4-1-5-12(9)11(15)16-7-8-3-2-6-17-8/h2-3,6,9H,1,4-5,7H2,(H,13,14). The zero-order chi connectivity index (χ0) is 12.3. The van der Waals surface area contributed by atoms with Gasteiger partial charge < -0.3 is 9.84 Å². The zero-order valence-corrected chi connectivity index (χ0v) is 9.98. The highest BCUT2D eigenvalue weighted by Crippen LogP contribution is 2.19. The highest BCUT2D eigenvalue weighted by Gasteiger charge is 2.34. The molecule has 2 rings (SSSR count). The molecule has 0 aromatic carbocycles. The smallest absolute Gasteiger partial charge is 0.410 e. The van der Waals surface area contributed by atoms with Crippen LogP contribution in [0.2, 0.25) is 0 Å². The van der Waals surface area contributed by atoms with Gasteiger partial charge in [-0.3, -0.25) is 4.90 Å². The Balaban J connectivity index is 1.89. The topological polar surface area (TPSA) is 66.8 Å². The van der Waals surface area contributed by atoms with Gasteiger partial charge in [0, 0.05) is 11.4 Å². The molecule has 1 fully saturated rings. The summed E-state index contributed by atoms with van der Waals surface area (Å²) in [4.78, 5) is 24.8. The third-order valence-electron chi connectivity index (χ3n) is 2.69. The van der Waals surface area contributed by atoms with Crippen LogP contribution in [0.15, 0.2) is 17.5 Å². The van der Waals surface area contributed by atoms with Crippen molar-refractivity contribution < 1.29 is 19.4 Å². The average molecular weight is 255 g/mol. The van der Waals surface area contributed by atoms with Crippen LogP contribution in [0.1, 0.15) is 17.7 Å². The molecule has 1 unspecified atom stereocenters. The number of carbonyl (C=O) groups excluding carboxylic acids is 1. The fourth-order valence-corrected chi connectivity index (χ4v) is 2.47. The molecule has 5 nitrogen and oxygen atoms in total. The number of aliphatic carboxylic acids is 1. The molecule has 0 aliphatic carbocycles. The Hall–Kier alpha value is -1.56. The Labute approximate surface area is 103 Å². The molecule has 6 heteroatoms. The molecule has 2 heterocycles. The van der Waals surface area contributed by atoms with Gasteiger partial charge in [0.15, 0.2) is 0 Å². The fraction of sp³-hybridized carbons (Fsp3) is 0.455. The van der Waals surface area contributed by atoms with Crippen molar-refractivity contribution in [2.45, 2.75) is 25.5 Å². The molecule has 17 heavy (non-hydrogen) atoms. The third kappa shape index (κ3) is 2.76. The second kappa shape index (κ2) is 5.18. The van der Waals surface area contributed by atoms with Gasteiger partial charge in [-0.15, -0.1) is 11.3 Å².